The third-order valence-corrected chi connectivity index (χ3v) is 3.77. The van der Waals surface area contributed by atoms with Crippen molar-refractivity contribution in [3.05, 3.63) is 58.1 Å². The topological polar surface area (TPSA) is 42.2 Å². The van der Waals surface area contributed by atoms with Gasteiger partial charge in [0.2, 0.25) is 0 Å². The van der Waals surface area contributed by atoms with Crippen molar-refractivity contribution in [1.29, 1.82) is 5.26 Å². The van der Waals surface area contributed by atoms with Gasteiger partial charge in [0, 0.05) is 12.5 Å². The maximum atomic E-state index is 8.84. The number of ether oxygens (including phenoxy) is 2. The molecule has 0 bridgehead atoms. The number of aryl methyl sites for hydroxylation is 1. The van der Waals surface area contributed by atoms with E-state index >= 15 is 0 Å². The van der Waals surface area contributed by atoms with E-state index in [9.17, 15) is 0 Å². The number of hydrogen-bond donors (Lipinski definition) is 0. The van der Waals surface area contributed by atoms with E-state index in [1.54, 1.807) is 18.2 Å². The van der Waals surface area contributed by atoms with Crippen LogP contribution in [0.4, 0.5) is 0 Å². The highest BCUT2D eigenvalue weighted by Crippen LogP contribution is 2.30. The lowest BCUT2D eigenvalue weighted by Crippen LogP contribution is -2.22. The van der Waals surface area contributed by atoms with Crippen molar-refractivity contribution in [1.82, 2.24) is 0 Å². The molecule has 3 rings (SSSR count). The van der Waals surface area contributed by atoms with E-state index in [1.807, 2.05) is 18.2 Å². The molecule has 1 aliphatic rings. The zero-order valence-electron chi connectivity index (χ0n) is 11.6. The highest BCUT2D eigenvalue weighted by molar-refractivity contribution is 6.31. The summed E-state index contributed by atoms with van der Waals surface area (Å²) in [6.07, 6.45) is 0.859. The van der Waals surface area contributed by atoms with Gasteiger partial charge in [0.05, 0.1) is 10.6 Å². The molecule has 3 nitrogen and oxygen atoms in total. The van der Waals surface area contributed by atoms with Crippen LogP contribution in [0.15, 0.2) is 36.4 Å². The number of benzene rings is 2. The molecule has 0 amide bonds. The molecular formula is C17H14ClNO2. The Morgan fingerprint density at radius 1 is 1.33 bits per heavy atom. The summed E-state index contributed by atoms with van der Waals surface area (Å²) in [5.74, 6) is 1.58. The first-order valence-electron chi connectivity index (χ1n) is 6.74. The zero-order valence-corrected chi connectivity index (χ0v) is 12.4. The molecule has 106 valence electrons. The van der Waals surface area contributed by atoms with Gasteiger partial charge in [-0.2, -0.15) is 5.26 Å². The molecule has 0 aliphatic carbocycles. The first-order chi connectivity index (χ1) is 10.2. The van der Waals surface area contributed by atoms with E-state index in [0.717, 1.165) is 12.2 Å². The number of halogens is 1. The maximum absolute atomic E-state index is 8.84. The van der Waals surface area contributed by atoms with Gasteiger partial charge in [-0.25, -0.2) is 0 Å². The van der Waals surface area contributed by atoms with Crippen molar-refractivity contribution in [2.24, 2.45) is 0 Å². The van der Waals surface area contributed by atoms with Gasteiger partial charge >= 0.3 is 0 Å². The van der Waals surface area contributed by atoms with Crippen molar-refractivity contribution in [2.45, 2.75) is 19.4 Å². The predicted molar refractivity (Wildman–Crippen MR) is 81.0 cm³/mol. The molecule has 0 aromatic heterocycles. The van der Waals surface area contributed by atoms with Crippen LogP contribution in [0.1, 0.15) is 16.7 Å². The smallest absolute Gasteiger partial charge is 0.137 e. The summed E-state index contributed by atoms with van der Waals surface area (Å²) < 4.78 is 11.6. The Labute approximate surface area is 128 Å². The van der Waals surface area contributed by atoms with E-state index in [-0.39, 0.29) is 6.10 Å². The molecule has 0 radical (unpaired) electrons. The second-order valence-electron chi connectivity index (χ2n) is 5.12. The van der Waals surface area contributed by atoms with E-state index in [4.69, 9.17) is 26.3 Å². The van der Waals surface area contributed by atoms with E-state index in [0.29, 0.717) is 22.9 Å². The van der Waals surface area contributed by atoms with E-state index < -0.39 is 0 Å². The van der Waals surface area contributed by atoms with Crippen LogP contribution in [-0.2, 0) is 6.42 Å². The minimum absolute atomic E-state index is 0.0104. The highest BCUT2D eigenvalue weighted by Gasteiger charge is 2.23. The lowest BCUT2D eigenvalue weighted by Gasteiger charge is -2.12. The summed E-state index contributed by atoms with van der Waals surface area (Å²) in [5.41, 5.74) is 2.91. The van der Waals surface area contributed by atoms with Gasteiger partial charge in [0.15, 0.2) is 0 Å². The fourth-order valence-corrected chi connectivity index (χ4v) is 2.62. The van der Waals surface area contributed by atoms with Crippen LogP contribution in [0.2, 0.25) is 5.02 Å². The van der Waals surface area contributed by atoms with Gasteiger partial charge in [0.1, 0.15) is 30.3 Å². The van der Waals surface area contributed by atoms with Gasteiger partial charge in [0.25, 0.3) is 0 Å². The second kappa shape index (κ2) is 5.67. The van der Waals surface area contributed by atoms with Gasteiger partial charge < -0.3 is 9.47 Å². The fraction of sp³-hybridized carbons (Fsp3) is 0.235. The highest BCUT2D eigenvalue weighted by atomic mass is 35.5. The lowest BCUT2D eigenvalue weighted by atomic mass is 10.1. The molecule has 0 saturated carbocycles. The molecule has 4 heteroatoms. The van der Waals surface area contributed by atoms with Crippen LogP contribution < -0.4 is 9.47 Å². The van der Waals surface area contributed by atoms with Crippen LogP contribution >= 0.6 is 11.6 Å². The van der Waals surface area contributed by atoms with Crippen LogP contribution in [0.25, 0.3) is 0 Å². The molecule has 0 spiro atoms. The first kappa shape index (κ1) is 13.8. The van der Waals surface area contributed by atoms with Crippen LogP contribution in [0, 0.1) is 18.3 Å². The van der Waals surface area contributed by atoms with Gasteiger partial charge in [-0.1, -0.05) is 29.3 Å². The van der Waals surface area contributed by atoms with Crippen LogP contribution in [-0.4, -0.2) is 12.7 Å². The molecule has 2 aromatic carbocycles. The number of nitrogens with zero attached hydrogens (tertiary/aromatic N) is 1. The molecule has 1 heterocycles. The minimum Gasteiger partial charge on any atom is -0.490 e. The first-order valence-corrected chi connectivity index (χ1v) is 7.12. The zero-order chi connectivity index (χ0) is 14.8. The third-order valence-electron chi connectivity index (χ3n) is 3.45. The summed E-state index contributed by atoms with van der Waals surface area (Å²) >= 11 is 5.98. The second-order valence-corrected chi connectivity index (χ2v) is 5.53. The van der Waals surface area contributed by atoms with Crippen molar-refractivity contribution in [3.63, 3.8) is 0 Å². The third kappa shape index (κ3) is 2.96. The summed E-state index contributed by atoms with van der Waals surface area (Å²) in [7, 11) is 0. The number of hydrogen-bond acceptors (Lipinski definition) is 3. The van der Waals surface area contributed by atoms with Gasteiger partial charge in [-0.15, -0.1) is 0 Å². The van der Waals surface area contributed by atoms with Gasteiger partial charge in [-0.05, 0) is 30.7 Å². The standard InChI is InChI=1S/C17H14ClNO2/c1-11-2-5-17-13(6-11)7-15(21-17)10-20-14-4-3-12(9-19)16(18)8-14/h2-6,8,15H,7,10H2,1H3. The SMILES string of the molecule is Cc1ccc2c(c1)CC(COc1ccc(C#N)c(Cl)c1)O2. The van der Waals surface area contributed by atoms with Crippen molar-refractivity contribution < 1.29 is 9.47 Å². The molecule has 1 aliphatic heterocycles. The number of fused-ring (bicyclic) bond motifs is 1. The Hall–Kier alpha value is -2.18. The summed E-state index contributed by atoms with van der Waals surface area (Å²) in [5, 5.41) is 9.24. The Morgan fingerprint density at radius 3 is 2.95 bits per heavy atom. The molecule has 0 N–H and O–H groups in total. The summed E-state index contributed by atoms with van der Waals surface area (Å²) in [6.45, 7) is 2.53. The van der Waals surface area contributed by atoms with Crippen LogP contribution in [0.3, 0.4) is 0 Å². The Bertz CT molecular complexity index is 721. The number of nitriles is 1. The monoisotopic (exact) mass is 299 g/mol. The average molecular weight is 300 g/mol. The average Bonchev–Trinajstić information content (AvgIpc) is 2.87. The Kier molecular flexibility index (Phi) is 3.72. The number of rotatable bonds is 3. The normalized spacial score (nSPS) is 16.0. The summed E-state index contributed by atoms with van der Waals surface area (Å²) in [6, 6.07) is 13.3. The Balaban J connectivity index is 1.62. The minimum atomic E-state index is 0.0104. The molecule has 2 aromatic rings. The van der Waals surface area contributed by atoms with Gasteiger partial charge in [-0.3, -0.25) is 0 Å². The van der Waals surface area contributed by atoms with Crippen molar-refractivity contribution in [2.75, 3.05) is 6.61 Å². The van der Waals surface area contributed by atoms with E-state index in [2.05, 4.69) is 13.0 Å². The molecule has 1 atom stereocenters. The summed E-state index contributed by atoms with van der Waals surface area (Å²) in [4.78, 5) is 0. The molecule has 21 heavy (non-hydrogen) atoms. The Morgan fingerprint density at radius 2 is 2.19 bits per heavy atom. The quantitative estimate of drug-likeness (QED) is 0.863. The lowest BCUT2D eigenvalue weighted by molar-refractivity contribution is 0.148. The molecule has 1 unspecified atom stereocenters. The molecule has 0 fully saturated rings. The fourth-order valence-electron chi connectivity index (χ4n) is 2.41. The largest absolute Gasteiger partial charge is 0.490 e. The van der Waals surface area contributed by atoms with Crippen molar-refractivity contribution >= 4 is 11.6 Å². The molecule has 0 saturated heterocycles. The van der Waals surface area contributed by atoms with Crippen molar-refractivity contribution in [3.8, 4) is 17.6 Å². The predicted octanol–water partition coefficient (Wildman–Crippen LogP) is 3.90. The molecular weight excluding hydrogens is 286 g/mol. The van der Waals surface area contributed by atoms with Crippen LogP contribution in [0.5, 0.6) is 11.5 Å². The maximum Gasteiger partial charge on any atom is 0.137 e. The van der Waals surface area contributed by atoms with E-state index in [1.165, 1.54) is 11.1 Å².